The number of unbranched alkanes of at least 4 members (excludes halogenated alkanes) is 2. The number of carbonyl (C=O) groups is 3. The van der Waals surface area contributed by atoms with Gasteiger partial charge in [-0.25, -0.2) is 4.79 Å². The molecule has 2 unspecified atom stereocenters. The molecule has 556 valence electrons. The summed E-state index contributed by atoms with van der Waals surface area (Å²) < 4.78 is 169. The van der Waals surface area contributed by atoms with Crippen LogP contribution in [0.2, 0.25) is 0 Å². The second-order valence-corrected chi connectivity index (χ2v) is 34.0. The molecule has 0 saturated heterocycles. The number of fused-ring (bicyclic) bond motifs is 6. The van der Waals surface area contributed by atoms with Crippen LogP contribution in [-0.4, -0.2) is 171 Å². The largest absolute Gasteiger partial charge is 0.465 e. The highest BCUT2D eigenvalue weighted by molar-refractivity contribution is 7.86. The molecule has 104 heavy (non-hydrogen) atoms. The van der Waals surface area contributed by atoms with Crippen molar-refractivity contribution in [3.05, 3.63) is 198 Å². The molecule has 9 rings (SSSR count). The summed E-state index contributed by atoms with van der Waals surface area (Å²) in [5.74, 6) is -1.96. The zero-order valence-electron chi connectivity index (χ0n) is 58.5. The Morgan fingerprint density at radius 1 is 0.567 bits per heavy atom. The topological polar surface area (TPSA) is 333 Å². The number of allylic oxidation sites excluding steroid dienone is 6. The van der Waals surface area contributed by atoms with Gasteiger partial charge in [-0.2, -0.15) is 38.2 Å². The average molecular weight is 1520 g/mol. The van der Waals surface area contributed by atoms with Gasteiger partial charge in [0.25, 0.3) is 46.4 Å². The van der Waals surface area contributed by atoms with E-state index in [4.69, 9.17) is 23.7 Å². The lowest BCUT2D eigenvalue weighted by atomic mass is 9.74. The average Bonchev–Trinajstić information content (AvgIpc) is 1.56. The molecular formula is C76H89N3O20PS4+. The number of Topliss-reactive ketones (excluding diaryl/α,β-unsaturated/α-hetero) is 1. The van der Waals surface area contributed by atoms with E-state index in [2.05, 4.69) is 9.89 Å². The first-order chi connectivity index (χ1) is 49.6. The van der Waals surface area contributed by atoms with Crippen molar-refractivity contribution in [3.63, 3.8) is 0 Å². The molecule has 1 amide bonds. The maximum absolute atomic E-state index is 13.8. The van der Waals surface area contributed by atoms with Crippen molar-refractivity contribution in [2.45, 2.75) is 98.7 Å². The van der Waals surface area contributed by atoms with Crippen LogP contribution in [0.1, 0.15) is 110 Å². The minimum absolute atomic E-state index is 0.0161. The number of esters is 1. The fourth-order valence-electron chi connectivity index (χ4n) is 13.8. The first-order valence-electron chi connectivity index (χ1n) is 34.2. The lowest BCUT2D eigenvalue weighted by Crippen LogP contribution is -2.32. The molecule has 0 aromatic heterocycles. The molecule has 2 aliphatic heterocycles. The zero-order chi connectivity index (χ0) is 74.9. The number of nitrogens with one attached hydrogen (secondary N) is 1. The number of benzene rings is 7. The molecule has 0 bridgehead atoms. The summed E-state index contributed by atoms with van der Waals surface area (Å²) in [6.07, 6.45) is 12.3. The van der Waals surface area contributed by atoms with Gasteiger partial charge in [-0.05, 0) is 165 Å². The van der Waals surface area contributed by atoms with Gasteiger partial charge in [0, 0.05) is 84.8 Å². The zero-order valence-corrected chi connectivity index (χ0v) is 62.7. The van der Waals surface area contributed by atoms with Crippen LogP contribution >= 0.6 is 7.92 Å². The Morgan fingerprint density at radius 3 is 1.70 bits per heavy atom. The van der Waals surface area contributed by atoms with Gasteiger partial charge in [-0.1, -0.05) is 97.1 Å². The normalized spacial score (nSPS) is 16.8. The number of hydrogen-bond acceptors (Lipinski definition) is 17. The molecule has 2 heterocycles. The van der Waals surface area contributed by atoms with Crippen LogP contribution in [0.4, 0.5) is 11.4 Å². The van der Waals surface area contributed by atoms with Crippen molar-refractivity contribution >= 4 is 121 Å². The fraction of sp³-hybridized carbons (Fsp3) is 0.368. The molecule has 0 spiro atoms. The van der Waals surface area contributed by atoms with Crippen molar-refractivity contribution in [2.75, 3.05) is 96.5 Å². The number of anilines is 1. The SMILES string of the molecule is COCCOCCOCCOCCN1C(=CC=CC=CC2=[N+](CCCCCC(=O)CCCNC(=O)c3ccc(C(=O)OC)c(P(c4ccccc4)c4ccccc4)c3)c3ccc4cc(S(=O)(=O)O)ccc4c3C2(C)CCCS(=O)(=O)O)C(C)(CCCS(=O)(=O)O)c2c1ccc1cc(S(=O)(=O)O)ccc21. The van der Waals surface area contributed by atoms with Gasteiger partial charge in [0.2, 0.25) is 5.69 Å². The smallest absolute Gasteiger partial charge is 0.338 e. The highest BCUT2D eigenvalue weighted by Crippen LogP contribution is 2.54. The summed E-state index contributed by atoms with van der Waals surface area (Å²) >= 11 is 0. The predicted octanol–water partition coefficient (Wildman–Crippen LogP) is 10.5. The Kier molecular flexibility index (Phi) is 27.9. The monoisotopic (exact) mass is 1520 g/mol. The summed E-state index contributed by atoms with van der Waals surface area (Å²) in [5.41, 5.74) is 3.12. The van der Waals surface area contributed by atoms with Crippen molar-refractivity contribution in [3.8, 4) is 0 Å². The van der Waals surface area contributed by atoms with Crippen LogP contribution in [0, 0.1) is 0 Å². The Labute approximate surface area is 609 Å². The van der Waals surface area contributed by atoms with Crippen LogP contribution in [0.3, 0.4) is 0 Å². The number of amides is 1. The lowest BCUT2D eigenvalue weighted by Gasteiger charge is -2.30. The molecule has 0 saturated carbocycles. The number of carbonyl (C=O) groups excluding carboxylic acids is 3. The van der Waals surface area contributed by atoms with Gasteiger partial charge in [-0.3, -0.25) is 27.8 Å². The third kappa shape index (κ3) is 20.7. The van der Waals surface area contributed by atoms with Crippen molar-refractivity contribution in [2.24, 2.45) is 0 Å². The van der Waals surface area contributed by atoms with Crippen LogP contribution < -0.4 is 26.1 Å². The van der Waals surface area contributed by atoms with E-state index in [9.17, 15) is 66.3 Å². The standard InChI is InChI=1S/C76H88N3O20PS4/c1-75(38-18-50-101(83,84)85)69(26-14-7-15-27-70-76(2,39-19-51-102(86,87)88)72-64-35-32-62(104(92,93)94)53-56(64)30-37-67(72)79(70)42-43-97-46-47-99-49-48-98-45-44-95-3)78(66-36-29-55-52-61(103(89,90)91)31-34-63(55)71(66)75)41-16-8-9-20-58(80)21-17-40-77-73(81)57-28-33-65(74(82)96-4)68(54-57)100(59-22-10-5-11-23-59)60-24-12-6-13-25-60/h5-7,10-15,22-37,52-54H,8-9,16-21,38-51H2,1-4H3,(H4-,77,81,83,84,85,86,87,88,89,90,91,92,93,94)/p+1. The van der Waals surface area contributed by atoms with E-state index in [1.165, 1.54) is 31.4 Å². The Bertz CT molecular complexity index is 4820. The second-order valence-electron chi connectivity index (χ2n) is 25.8. The van der Waals surface area contributed by atoms with E-state index in [1.54, 1.807) is 55.7 Å². The van der Waals surface area contributed by atoms with Crippen LogP contribution in [0.25, 0.3) is 21.5 Å². The van der Waals surface area contributed by atoms with E-state index >= 15 is 0 Å². The quantitative estimate of drug-likeness (QED) is 0.00595. The summed E-state index contributed by atoms with van der Waals surface area (Å²) in [6.45, 7) is 7.16. The van der Waals surface area contributed by atoms with Crippen LogP contribution in [0.15, 0.2) is 185 Å². The Balaban J connectivity index is 0.965. The van der Waals surface area contributed by atoms with E-state index in [0.717, 1.165) is 38.8 Å². The minimum atomic E-state index is -4.62. The van der Waals surface area contributed by atoms with Crippen molar-refractivity contribution < 1.29 is 94.5 Å². The molecule has 7 aromatic rings. The molecule has 7 aromatic carbocycles. The van der Waals surface area contributed by atoms with Gasteiger partial charge in [-0.15, -0.1) is 0 Å². The molecule has 2 aliphatic rings. The molecule has 28 heteroatoms. The molecule has 2 atom stereocenters. The van der Waals surface area contributed by atoms with Crippen LogP contribution in [-0.2, 0) is 79.8 Å². The highest BCUT2D eigenvalue weighted by atomic mass is 32.2. The number of methoxy groups -OCH3 is 2. The maximum Gasteiger partial charge on any atom is 0.338 e. The van der Waals surface area contributed by atoms with Gasteiger partial charge in [0.05, 0.1) is 85.6 Å². The van der Waals surface area contributed by atoms with E-state index in [1.807, 2.05) is 116 Å². The van der Waals surface area contributed by atoms with Crippen molar-refractivity contribution in [1.29, 1.82) is 0 Å². The second kappa shape index (κ2) is 36.0. The Morgan fingerprint density at radius 2 is 1.12 bits per heavy atom. The van der Waals surface area contributed by atoms with Gasteiger partial charge in [0.1, 0.15) is 12.3 Å². The maximum atomic E-state index is 13.8. The van der Waals surface area contributed by atoms with E-state index in [0.29, 0.717) is 109 Å². The molecule has 23 nitrogen and oxygen atoms in total. The number of nitrogens with zero attached hydrogens (tertiary/aromatic N) is 2. The lowest BCUT2D eigenvalue weighted by molar-refractivity contribution is -0.438. The summed E-state index contributed by atoms with van der Waals surface area (Å²) in [5, 5.41) is 7.83. The van der Waals surface area contributed by atoms with Crippen LogP contribution in [0.5, 0.6) is 0 Å². The number of hydrogen-bond donors (Lipinski definition) is 5. The van der Waals surface area contributed by atoms with Gasteiger partial charge in [0.15, 0.2) is 5.71 Å². The number of rotatable bonds is 40. The third-order valence-electron chi connectivity index (χ3n) is 18.6. The number of ketones is 1. The van der Waals surface area contributed by atoms with E-state index in [-0.39, 0.29) is 86.4 Å². The first kappa shape index (κ1) is 80.4. The summed E-state index contributed by atoms with van der Waals surface area (Å²) in [7, 11) is -16.4. The first-order valence-corrected chi connectivity index (χ1v) is 41.6. The fourth-order valence-corrected chi connectivity index (χ4v) is 18.3. The molecular weight excluding hydrogens is 1430 g/mol. The summed E-state index contributed by atoms with van der Waals surface area (Å²) in [4.78, 5) is 41.8. The number of ether oxygens (including phenoxy) is 5. The predicted molar refractivity (Wildman–Crippen MR) is 403 cm³/mol. The van der Waals surface area contributed by atoms with Crippen molar-refractivity contribution in [1.82, 2.24) is 5.32 Å². The summed E-state index contributed by atoms with van der Waals surface area (Å²) in [6, 6.07) is 40.2. The van der Waals surface area contributed by atoms with Gasteiger partial charge < -0.3 is 33.9 Å². The molecule has 0 fully saturated rings. The molecule has 0 radical (unpaired) electrons. The minimum Gasteiger partial charge on any atom is -0.465 e. The van der Waals surface area contributed by atoms with E-state index < -0.39 is 76.7 Å². The third-order valence-corrected chi connectivity index (χ3v) is 24.4. The molecule has 0 aliphatic carbocycles. The highest BCUT2D eigenvalue weighted by Gasteiger charge is 2.49. The van der Waals surface area contributed by atoms with Gasteiger partial charge >= 0.3 is 5.97 Å². The molecule has 5 N–H and O–H groups in total. The Hall–Kier alpha value is -7.73.